The maximum atomic E-state index is 14.6. The number of anilines is 4. The van der Waals surface area contributed by atoms with Crippen molar-refractivity contribution in [3.8, 4) is 0 Å². The molecule has 2 N–H and O–H groups in total. The summed E-state index contributed by atoms with van der Waals surface area (Å²) < 4.78 is 41.3. The van der Waals surface area contributed by atoms with Crippen LogP contribution in [0, 0.1) is 0 Å². The molecule has 2 aliphatic heterocycles. The number of nitrogens with zero attached hydrogens (tertiary/aromatic N) is 2. The van der Waals surface area contributed by atoms with E-state index >= 15 is 0 Å². The van der Waals surface area contributed by atoms with E-state index < -0.39 is 29.0 Å². The molecule has 40 heavy (non-hydrogen) atoms. The molecule has 0 bridgehead atoms. The first kappa shape index (κ1) is 26.1. The molecule has 2 unspecified atom stereocenters. The molecule has 3 amide bonds. The number of amides is 3. The predicted molar refractivity (Wildman–Crippen MR) is 145 cm³/mol. The summed E-state index contributed by atoms with van der Waals surface area (Å²) in [5.74, 6) is -1.26. The first-order valence-electron chi connectivity index (χ1n) is 13.2. The minimum absolute atomic E-state index is 0.0138. The standard InChI is InChI=1S/C30H27F3N4O3/c1-36-24-12-9-19(30(31,32)33)17-25(24)37(21-6-3-2-4-7-21)28(40)29(27(36)39)14-13-18-16-20(10-11-22(18)29)35-26(38)23-8-5-15-34-23/h2-4,6-7,9-12,16-17,23,34H,5,8,13-15H2,1H3,(H,35,38). The summed E-state index contributed by atoms with van der Waals surface area (Å²) in [5, 5.41) is 6.08. The zero-order chi connectivity index (χ0) is 28.2. The molecule has 2 heterocycles. The molecule has 2 atom stereocenters. The van der Waals surface area contributed by atoms with Crippen LogP contribution in [0.4, 0.5) is 35.9 Å². The van der Waals surface area contributed by atoms with Crippen LogP contribution >= 0.6 is 0 Å². The van der Waals surface area contributed by atoms with Gasteiger partial charge in [0.05, 0.1) is 23.0 Å². The highest BCUT2D eigenvalue weighted by atomic mass is 19.4. The Hall–Kier alpha value is -4.18. The number of nitrogens with one attached hydrogen (secondary N) is 2. The number of likely N-dealkylation sites (N-methyl/N-ethyl adjacent to an activating group) is 1. The molecule has 1 aliphatic carbocycles. The Kier molecular flexibility index (Phi) is 6.18. The Morgan fingerprint density at radius 3 is 2.48 bits per heavy atom. The van der Waals surface area contributed by atoms with Gasteiger partial charge in [-0.25, -0.2) is 0 Å². The van der Waals surface area contributed by atoms with E-state index in [1.807, 2.05) is 0 Å². The molecule has 1 saturated heterocycles. The molecule has 1 fully saturated rings. The molecule has 3 aliphatic rings. The van der Waals surface area contributed by atoms with E-state index in [1.54, 1.807) is 48.5 Å². The number of alkyl halides is 3. The van der Waals surface area contributed by atoms with E-state index in [2.05, 4.69) is 10.6 Å². The number of aryl methyl sites for hydroxylation is 1. The lowest BCUT2D eigenvalue weighted by atomic mass is 9.79. The van der Waals surface area contributed by atoms with Gasteiger partial charge in [-0.15, -0.1) is 0 Å². The topological polar surface area (TPSA) is 81.8 Å². The number of carbonyl (C=O) groups is 3. The van der Waals surface area contributed by atoms with Gasteiger partial charge in [-0.3, -0.25) is 19.3 Å². The van der Waals surface area contributed by atoms with Gasteiger partial charge in [0.15, 0.2) is 5.41 Å². The van der Waals surface area contributed by atoms with Gasteiger partial charge >= 0.3 is 6.18 Å². The summed E-state index contributed by atoms with van der Waals surface area (Å²) in [6.07, 6.45) is -2.43. The maximum Gasteiger partial charge on any atom is 0.416 e. The third-order valence-electron chi connectivity index (χ3n) is 8.14. The highest BCUT2D eigenvalue weighted by Gasteiger charge is 2.57. The quantitative estimate of drug-likeness (QED) is 0.456. The van der Waals surface area contributed by atoms with Crippen LogP contribution in [0.25, 0.3) is 0 Å². The third kappa shape index (κ3) is 4.05. The fourth-order valence-corrected chi connectivity index (χ4v) is 6.12. The van der Waals surface area contributed by atoms with Crippen molar-refractivity contribution in [1.82, 2.24) is 5.32 Å². The highest BCUT2D eigenvalue weighted by molar-refractivity contribution is 6.27. The van der Waals surface area contributed by atoms with Crippen LogP contribution in [-0.2, 0) is 32.4 Å². The van der Waals surface area contributed by atoms with E-state index in [-0.39, 0.29) is 29.7 Å². The van der Waals surface area contributed by atoms with Crippen LogP contribution in [0.3, 0.4) is 0 Å². The van der Waals surface area contributed by atoms with Crippen molar-refractivity contribution in [1.29, 1.82) is 0 Å². The summed E-state index contributed by atoms with van der Waals surface area (Å²) in [4.78, 5) is 43.9. The first-order valence-corrected chi connectivity index (χ1v) is 13.2. The highest BCUT2D eigenvalue weighted by Crippen LogP contribution is 2.50. The van der Waals surface area contributed by atoms with E-state index in [0.717, 1.165) is 37.1 Å². The lowest BCUT2D eigenvalue weighted by molar-refractivity contribution is -0.138. The number of carbonyl (C=O) groups excluding carboxylic acids is 3. The molecule has 0 aromatic heterocycles. The number of fused-ring (bicyclic) bond motifs is 3. The molecule has 3 aromatic carbocycles. The molecule has 1 spiro atoms. The van der Waals surface area contributed by atoms with Crippen LogP contribution in [0.1, 0.15) is 36.0 Å². The van der Waals surface area contributed by atoms with Crippen molar-refractivity contribution >= 4 is 40.5 Å². The lowest BCUT2D eigenvalue weighted by Crippen LogP contribution is -2.52. The molecule has 0 radical (unpaired) electrons. The second-order valence-corrected chi connectivity index (χ2v) is 10.5. The summed E-state index contributed by atoms with van der Waals surface area (Å²) in [6, 6.07) is 16.4. The summed E-state index contributed by atoms with van der Waals surface area (Å²) in [6.45, 7) is 0.785. The van der Waals surface area contributed by atoms with Crippen LogP contribution in [0.5, 0.6) is 0 Å². The van der Waals surface area contributed by atoms with Crippen LogP contribution < -0.4 is 20.4 Å². The van der Waals surface area contributed by atoms with Crippen molar-refractivity contribution < 1.29 is 27.6 Å². The SMILES string of the molecule is CN1C(=O)C2(CCc3cc(NC(=O)C4CCCN4)ccc32)C(=O)N(c2ccccc2)c2cc(C(F)(F)F)ccc21. The van der Waals surface area contributed by atoms with Crippen molar-refractivity contribution in [2.45, 2.75) is 43.3 Å². The minimum atomic E-state index is -4.64. The number of para-hydroxylation sites is 1. The second-order valence-electron chi connectivity index (χ2n) is 10.5. The fraction of sp³-hybridized carbons (Fsp3) is 0.300. The maximum absolute atomic E-state index is 14.6. The molecule has 6 rings (SSSR count). The van der Waals surface area contributed by atoms with Gasteiger partial charge in [-0.05, 0) is 85.8 Å². The van der Waals surface area contributed by atoms with Crippen LogP contribution in [0.2, 0.25) is 0 Å². The Morgan fingerprint density at radius 1 is 1.00 bits per heavy atom. The second kappa shape index (κ2) is 9.48. The molecule has 3 aromatic rings. The van der Waals surface area contributed by atoms with Crippen molar-refractivity contribution in [3.05, 3.63) is 83.4 Å². The Balaban J connectivity index is 1.47. The smallest absolute Gasteiger partial charge is 0.325 e. The number of rotatable bonds is 3. The third-order valence-corrected chi connectivity index (χ3v) is 8.14. The predicted octanol–water partition coefficient (Wildman–Crippen LogP) is 4.92. The Bertz CT molecular complexity index is 1520. The van der Waals surface area contributed by atoms with Gasteiger partial charge in [-0.1, -0.05) is 24.3 Å². The van der Waals surface area contributed by atoms with Crippen molar-refractivity contribution in [2.24, 2.45) is 0 Å². The summed E-state index contributed by atoms with van der Waals surface area (Å²) in [5.41, 5.74) is -0.216. The largest absolute Gasteiger partial charge is 0.416 e. The average Bonchev–Trinajstić information content (AvgIpc) is 3.60. The monoisotopic (exact) mass is 548 g/mol. The normalized spacial score (nSPS) is 22.4. The van der Waals surface area contributed by atoms with Gasteiger partial charge < -0.3 is 15.5 Å². The van der Waals surface area contributed by atoms with E-state index in [1.165, 1.54) is 22.9 Å². The number of benzene rings is 3. The van der Waals surface area contributed by atoms with E-state index in [9.17, 15) is 27.6 Å². The van der Waals surface area contributed by atoms with Crippen LogP contribution in [0.15, 0.2) is 66.7 Å². The Morgan fingerprint density at radius 2 is 1.77 bits per heavy atom. The van der Waals surface area contributed by atoms with Crippen molar-refractivity contribution in [2.75, 3.05) is 28.7 Å². The van der Waals surface area contributed by atoms with Crippen molar-refractivity contribution in [3.63, 3.8) is 0 Å². The molecule has 206 valence electrons. The molecular weight excluding hydrogens is 521 g/mol. The first-order chi connectivity index (χ1) is 19.1. The summed E-state index contributed by atoms with van der Waals surface area (Å²) >= 11 is 0. The van der Waals surface area contributed by atoms with Gasteiger partial charge in [0.25, 0.3) is 5.91 Å². The number of hydrogen-bond acceptors (Lipinski definition) is 4. The molecule has 0 saturated carbocycles. The molecular formula is C30H27F3N4O3. The zero-order valence-corrected chi connectivity index (χ0v) is 21.7. The lowest BCUT2D eigenvalue weighted by Gasteiger charge is -2.32. The molecule has 7 nitrogen and oxygen atoms in total. The van der Waals surface area contributed by atoms with Gasteiger partial charge in [0.2, 0.25) is 11.8 Å². The van der Waals surface area contributed by atoms with Gasteiger partial charge in [-0.2, -0.15) is 13.2 Å². The zero-order valence-electron chi connectivity index (χ0n) is 21.7. The van der Waals surface area contributed by atoms with Gasteiger partial charge in [0.1, 0.15) is 0 Å². The molecule has 10 heteroatoms. The number of hydrogen-bond donors (Lipinski definition) is 2. The van der Waals surface area contributed by atoms with E-state index in [4.69, 9.17) is 0 Å². The minimum Gasteiger partial charge on any atom is -0.325 e. The summed E-state index contributed by atoms with van der Waals surface area (Å²) in [7, 11) is 1.49. The number of halogens is 3. The Labute approximate surface area is 229 Å². The van der Waals surface area contributed by atoms with Crippen LogP contribution in [-0.4, -0.2) is 37.4 Å². The average molecular weight is 549 g/mol. The fourth-order valence-electron chi connectivity index (χ4n) is 6.12. The van der Waals surface area contributed by atoms with E-state index in [0.29, 0.717) is 23.4 Å². The van der Waals surface area contributed by atoms with Gasteiger partial charge in [0, 0.05) is 18.4 Å².